The van der Waals surface area contributed by atoms with E-state index in [2.05, 4.69) is 4.90 Å². The number of ether oxygens (including phenoxy) is 1. The van der Waals surface area contributed by atoms with E-state index in [0.29, 0.717) is 42.0 Å². The average molecular weight is 511 g/mol. The molecule has 1 aliphatic rings. The molecular weight excluding hydrogens is 487 g/mol. The molecule has 0 aliphatic carbocycles. The van der Waals surface area contributed by atoms with Gasteiger partial charge in [-0.3, -0.25) is 24.7 Å². The third kappa shape index (κ3) is 5.62. The maximum absolute atomic E-state index is 13.5. The van der Waals surface area contributed by atoms with Crippen LogP contribution in [-0.4, -0.2) is 60.1 Å². The van der Waals surface area contributed by atoms with Gasteiger partial charge >= 0.3 is 0 Å². The smallest absolute Gasteiger partial charge is 0.273 e. The number of morpholine rings is 1. The molecule has 0 saturated carbocycles. The predicted octanol–water partition coefficient (Wildman–Crippen LogP) is 4.88. The Bertz CT molecular complexity index is 1180. The molecular formula is C22H24Cl2N4O4S. The van der Waals surface area contributed by atoms with Crippen molar-refractivity contribution >= 4 is 62.3 Å². The molecule has 1 saturated heterocycles. The van der Waals surface area contributed by atoms with Gasteiger partial charge in [0.1, 0.15) is 0 Å². The highest BCUT2D eigenvalue weighted by Crippen LogP contribution is 2.34. The van der Waals surface area contributed by atoms with Crippen LogP contribution in [0, 0.1) is 24.0 Å². The summed E-state index contributed by atoms with van der Waals surface area (Å²) in [5.41, 5.74) is 2.43. The van der Waals surface area contributed by atoms with Crippen molar-refractivity contribution in [2.24, 2.45) is 0 Å². The molecule has 3 aromatic rings. The lowest BCUT2D eigenvalue weighted by atomic mass is 10.1. The zero-order chi connectivity index (χ0) is 22.8. The van der Waals surface area contributed by atoms with Crippen molar-refractivity contribution in [3.63, 3.8) is 0 Å². The summed E-state index contributed by atoms with van der Waals surface area (Å²) in [6.45, 7) is 7.57. The van der Waals surface area contributed by atoms with Crippen molar-refractivity contribution in [3.8, 4) is 0 Å². The van der Waals surface area contributed by atoms with Crippen LogP contribution in [0.1, 0.15) is 21.5 Å². The van der Waals surface area contributed by atoms with Crippen LogP contribution in [0.4, 0.5) is 10.8 Å². The van der Waals surface area contributed by atoms with E-state index in [-0.39, 0.29) is 29.6 Å². The second kappa shape index (κ2) is 10.8. The first-order valence-corrected chi connectivity index (χ1v) is 11.5. The van der Waals surface area contributed by atoms with Crippen molar-refractivity contribution in [1.29, 1.82) is 0 Å². The summed E-state index contributed by atoms with van der Waals surface area (Å²) >= 11 is 7.60. The molecule has 8 nitrogen and oxygen atoms in total. The van der Waals surface area contributed by atoms with Crippen molar-refractivity contribution in [2.75, 3.05) is 44.3 Å². The van der Waals surface area contributed by atoms with Gasteiger partial charge < -0.3 is 4.74 Å². The largest absolute Gasteiger partial charge is 0.379 e. The summed E-state index contributed by atoms with van der Waals surface area (Å²) in [5.74, 6) is -0.316. The lowest BCUT2D eigenvalue weighted by Crippen LogP contribution is -2.43. The van der Waals surface area contributed by atoms with Crippen LogP contribution < -0.4 is 4.90 Å². The molecule has 11 heteroatoms. The average Bonchev–Trinajstić information content (AvgIpc) is 3.18. The van der Waals surface area contributed by atoms with E-state index in [4.69, 9.17) is 21.3 Å². The number of nitrogens with zero attached hydrogens (tertiary/aromatic N) is 4. The minimum Gasteiger partial charge on any atom is -0.379 e. The molecule has 4 rings (SSSR count). The Morgan fingerprint density at radius 1 is 1.24 bits per heavy atom. The number of thiazole rings is 1. The van der Waals surface area contributed by atoms with Crippen LogP contribution in [0.5, 0.6) is 0 Å². The lowest BCUT2D eigenvalue weighted by Gasteiger charge is -2.29. The number of nitro groups is 1. The zero-order valence-electron chi connectivity index (χ0n) is 18.2. The standard InChI is InChI=1S/C22H23ClN4O4S.ClH/c1-14-3-4-16(12-18(14)27(29)30)21(28)26(6-5-25-7-9-31-10-8-25)22-24-20-15(2)11-17(23)13-19(20)32-22;/h3-4,11-13H,5-10H2,1-2H3;1H. The number of aromatic nitrogens is 1. The van der Waals surface area contributed by atoms with E-state index in [9.17, 15) is 14.9 Å². The van der Waals surface area contributed by atoms with E-state index in [0.717, 1.165) is 28.9 Å². The number of rotatable bonds is 6. The third-order valence-electron chi connectivity index (χ3n) is 5.51. The van der Waals surface area contributed by atoms with Gasteiger partial charge in [-0.1, -0.05) is 29.0 Å². The number of hydrogen-bond acceptors (Lipinski definition) is 7. The van der Waals surface area contributed by atoms with Gasteiger partial charge in [-0.2, -0.15) is 0 Å². The minimum absolute atomic E-state index is 0. The van der Waals surface area contributed by atoms with Gasteiger partial charge in [0.15, 0.2) is 5.13 Å². The van der Waals surface area contributed by atoms with Crippen molar-refractivity contribution in [3.05, 3.63) is 62.2 Å². The Morgan fingerprint density at radius 3 is 2.67 bits per heavy atom. The Hall–Kier alpha value is -2.30. The maximum Gasteiger partial charge on any atom is 0.273 e. The zero-order valence-corrected chi connectivity index (χ0v) is 20.6. The number of aryl methyl sites for hydroxylation is 2. The molecule has 0 bridgehead atoms. The number of carbonyl (C=O) groups is 1. The maximum atomic E-state index is 13.5. The third-order valence-corrected chi connectivity index (χ3v) is 6.75. The summed E-state index contributed by atoms with van der Waals surface area (Å²) in [7, 11) is 0. The predicted molar refractivity (Wildman–Crippen MR) is 133 cm³/mol. The first-order valence-electron chi connectivity index (χ1n) is 10.3. The number of hydrogen-bond donors (Lipinski definition) is 0. The monoisotopic (exact) mass is 510 g/mol. The fourth-order valence-electron chi connectivity index (χ4n) is 3.70. The van der Waals surface area contributed by atoms with Crippen LogP contribution in [0.25, 0.3) is 10.2 Å². The second-order valence-corrected chi connectivity index (χ2v) is 9.18. The highest BCUT2D eigenvalue weighted by Gasteiger charge is 2.25. The molecule has 33 heavy (non-hydrogen) atoms. The van der Waals surface area contributed by atoms with Crippen LogP contribution in [0.3, 0.4) is 0 Å². The summed E-state index contributed by atoms with van der Waals surface area (Å²) < 4.78 is 6.30. The van der Waals surface area contributed by atoms with Crippen molar-refractivity contribution < 1.29 is 14.5 Å². The topological polar surface area (TPSA) is 88.8 Å². The van der Waals surface area contributed by atoms with Gasteiger partial charge in [-0.25, -0.2) is 4.98 Å². The molecule has 1 aliphatic heterocycles. The van der Waals surface area contributed by atoms with E-state index < -0.39 is 4.92 Å². The van der Waals surface area contributed by atoms with Gasteiger partial charge in [0.2, 0.25) is 0 Å². The summed E-state index contributed by atoms with van der Waals surface area (Å²) in [5, 5.41) is 12.6. The summed E-state index contributed by atoms with van der Waals surface area (Å²) in [6, 6.07) is 8.26. The highest BCUT2D eigenvalue weighted by atomic mass is 35.5. The molecule has 1 aromatic heterocycles. The number of carbonyl (C=O) groups excluding carboxylic acids is 1. The molecule has 1 amide bonds. The number of nitro benzene ring substituents is 1. The molecule has 0 spiro atoms. The van der Waals surface area contributed by atoms with Crippen LogP contribution in [0.2, 0.25) is 5.02 Å². The molecule has 0 radical (unpaired) electrons. The van der Waals surface area contributed by atoms with Crippen molar-refractivity contribution in [1.82, 2.24) is 9.88 Å². The normalized spacial score (nSPS) is 14.2. The Labute approximate surface area is 206 Å². The van der Waals surface area contributed by atoms with Gasteiger partial charge in [-0.05, 0) is 37.6 Å². The van der Waals surface area contributed by atoms with E-state index in [1.54, 1.807) is 24.0 Å². The Morgan fingerprint density at radius 2 is 1.97 bits per heavy atom. The molecule has 2 aromatic carbocycles. The molecule has 0 atom stereocenters. The number of benzene rings is 2. The SMILES string of the molecule is Cc1ccc(C(=O)N(CCN2CCOCC2)c2nc3c(C)cc(Cl)cc3s2)cc1[N+](=O)[O-].Cl. The van der Waals surface area contributed by atoms with Crippen LogP contribution in [-0.2, 0) is 4.74 Å². The Kier molecular flexibility index (Phi) is 8.25. The van der Waals surface area contributed by atoms with E-state index in [1.807, 2.05) is 19.1 Å². The van der Waals surface area contributed by atoms with E-state index in [1.165, 1.54) is 17.4 Å². The van der Waals surface area contributed by atoms with Gasteiger partial charge in [0.25, 0.3) is 11.6 Å². The summed E-state index contributed by atoms with van der Waals surface area (Å²) in [6.07, 6.45) is 0. The molecule has 176 valence electrons. The number of amides is 1. The van der Waals surface area contributed by atoms with E-state index >= 15 is 0 Å². The van der Waals surface area contributed by atoms with Gasteiger partial charge in [0, 0.05) is 48.4 Å². The van der Waals surface area contributed by atoms with Gasteiger partial charge in [0.05, 0.1) is 28.4 Å². The molecule has 0 N–H and O–H groups in total. The van der Waals surface area contributed by atoms with Crippen molar-refractivity contribution in [2.45, 2.75) is 13.8 Å². The first-order chi connectivity index (χ1) is 15.3. The number of fused-ring (bicyclic) bond motifs is 1. The molecule has 0 unspecified atom stereocenters. The van der Waals surface area contributed by atoms with Crippen LogP contribution >= 0.6 is 35.3 Å². The minimum atomic E-state index is -0.465. The molecule has 1 fully saturated rings. The van der Waals surface area contributed by atoms with Crippen LogP contribution in [0.15, 0.2) is 30.3 Å². The molecule has 2 heterocycles. The Balaban J connectivity index is 0.00000306. The quantitative estimate of drug-likeness (QED) is 0.347. The van der Waals surface area contributed by atoms with Gasteiger partial charge in [-0.15, -0.1) is 12.4 Å². The lowest BCUT2D eigenvalue weighted by molar-refractivity contribution is -0.385. The number of halogens is 2. The highest BCUT2D eigenvalue weighted by molar-refractivity contribution is 7.22. The summed E-state index contributed by atoms with van der Waals surface area (Å²) in [4.78, 5) is 33.0. The second-order valence-electron chi connectivity index (χ2n) is 7.74. The first kappa shape index (κ1) is 25.3. The fraction of sp³-hybridized carbons (Fsp3) is 0.364. The number of anilines is 1. The fourth-order valence-corrected chi connectivity index (χ4v) is 5.15.